The first-order valence-electron chi connectivity index (χ1n) is 16.2. The van der Waals surface area contributed by atoms with E-state index < -0.39 is 0 Å². The molecule has 2 saturated heterocycles. The number of benzene rings is 2. The molecule has 242 valence electrons. The van der Waals surface area contributed by atoms with Gasteiger partial charge in [0.05, 0.1) is 13.2 Å². The van der Waals surface area contributed by atoms with E-state index in [4.69, 9.17) is 15.0 Å². The van der Waals surface area contributed by atoms with Gasteiger partial charge >= 0.3 is 0 Å². The van der Waals surface area contributed by atoms with Gasteiger partial charge in [-0.05, 0) is 68.4 Å². The van der Waals surface area contributed by atoms with Gasteiger partial charge in [-0.25, -0.2) is 0 Å². The van der Waals surface area contributed by atoms with Crippen LogP contribution in [0.1, 0.15) is 61.8 Å². The minimum atomic E-state index is -0.0430. The van der Waals surface area contributed by atoms with Crippen LogP contribution in [0.5, 0.6) is 5.88 Å². The van der Waals surface area contributed by atoms with E-state index >= 15 is 0 Å². The Morgan fingerprint density at radius 3 is 2.17 bits per heavy atom. The average molecular weight is 622 g/mol. The number of hydrogen-bond acceptors (Lipinski definition) is 8. The van der Waals surface area contributed by atoms with E-state index in [1.807, 2.05) is 4.90 Å². The lowest BCUT2D eigenvalue weighted by Gasteiger charge is -2.39. The lowest BCUT2D eigenvalue weighted by Crippen LogP contribution is -2.49. The Balaban J connectivity index is 0.000000466. The maximum atomic E-state index is 12.1. The SMILES string of the molecule is C=CC(=O)N1CCN(c2nc(OC)c(C#N)c3c2CCN(c2cccc4cccc(C(C)C)c24)C3)CC1.CC#N.CN1CCCC1. The first-order chi connectivity index (χ1) is 22.3. The van der Waals surface area contributed by atoms with Gasteiger partial charge in [-0.1, -0.05) is 50.8 Å². The van der Waals surface area contributed by atoms with Crippen LogP contribution in [0.3, 0.4) is 0 Å². The largest absolute Gasteiger partial charge is 0.480 e. The number of rotatable bonds is 5. The molecule has 1 amide bonds. The predicted molar refractivity (Wildman–Crippen MR) is 185 cm³/mol. The molecule has 0 radical (unpaired) electrons. The molecule has 0 bridgehead atoms. The number of piperazine rings is 1. The minimum Gasteiger partial charge on any atom is -0.480 e. The Labute approximate surface area is 274 Å². The second-order valence-electron chi connectivity index (χ2n) is 12.2. The number of ether oxygens (including phenoxy) is 1. The van der Waals surface area contributed by atoms with Crippen LogP contribution in [0, 0.1) is 22.7 Å². The monoisotopic (exact) mass is 621 g/mol. The van der Waals surface area contributed by atoms with Crippen LogP contribution in [0.4, 0.5) is 11.5 Å². The maximum absolute atomic E-state index is 12.1. The molecule has 2 fully saturated rings. The highest BCUT2D eigenvalue weighted by molar-refractivity contribution is 5.97. The molecule has 3 aliphatic heterocycles. The Hall–Kier alpha value is -4.60. The number of aromatic nitrogens is 1. The third-order valence-electron chi connectivity index (χ3n) is 8.92. The topological polar surface area (TPSA) is 99.7 Å². The molecule has 0 N–H and O–H groups in total. The number of methoxy groups -OCH3 is 1. The van der Waals surface area contributed by atoms with Crippen molar-refractivity contribution in [3.8, 4) is 18.0 Å². The summed E-state index contributed by atoms with van der Waals surface area (Å²) in [6, 6.07) is 17.1. The Bertz CT molecular complexity index is 1600. The van der Waals surface area contributed by atoms with E-state index in [2.05, 4.69) is 84.6 Å². The molecule has 0 saturated carbocycles. The van der Waals surface area contributed by atoms with Gasteiger partial charge in [0, 0.05) is 68.4 Å². The highest BCUT2D eigenvalue weighted by atomic mass is 16.5. The van der Waals surface area contributed by atoms with E-state index in [-0.39, 0.29) is 5.91 Å². The van der Waals surface area contributed by atoms with Crippen LogP contribution in [0.2, 0.25) is 0 Å². The smallest absolute Gasteiger partial charge is 0.246 e. The van der Waals surface area contributed by atoms with E-state index in [1.165, 1.54) is 61.0 Å². The van der Waals surface area contributed by atoms with Crippen LogP contribution in [0.15, 0.2) is 49.1 Å². The van der Waals surface area contributed by atoms with Gasteiger partial charge in [0.15, 0.2) is 0 Å². The van der Waals surface area contributed by atoms with E-state index in [0.29, 0.717) is 50.1 Å². The molecule has 46 heavy (non-hydrogen) atoms. The summed E-state index contributed by atoms with van der Waals surface area (Å²) in [5.74, 6) is 1.60. The fourth-order valence-electron chi connectivity index (χ4n) is 6.56. The highest BCUT2D eigenvalue weighted by Crippen LogP contribution is 2.39. The molecule has 0 spiro atoms. The summed E-state index contributed by atoms with van der Waals surface area (Å²) in [6.45, 7) is 16.2. The first-order valence-corrected chi connectivity index (χ1v) is 16.2. The molecule has 0 unspecified atom stereocenters. The Kier molecular flexibility index (Phi) is 12.0. The van der Waals surface area contributed by atoms with Crippen molar-refractivity contribution < 1.29 is 9.53 Å². The maximum Gasteiger partial charge on any atom is 0.246 e. The van der Waals surface area contributed by atoms with Crippen LogP contribution >= 0.6 is 0 Å². The number of hydrogen-bond donors (Lipinski definition) is 0. The minimum absolute atomic E-state index is 0.0430. The van der Waals surface area contributed by atoms with Gasteiger partial charge < -0.3 is 24.3 Å². The van der Waals surface area contributed by atoms with Crippen LogP contribution < -0.4 is 14.5 Å². The fraction of sp³-hybridized carbons (Fsp3) is 0.459. The third kappa shape index (κ3) is 7.61. The van der Waals surface area contributed by atoms with Gasteiger partial charge in [0.1, 0.15) is 17.5 Å². The second-order valence-corrected chi connectivity index (χ2v) is 12.2. The number of fused-ring (bicyclic) bond motifs is 2. The summed E-state index contributed by atoms with van der Waals surface area (Å²) in [7, 11) is 3.74. The van der Waals surface area contributed by atoms with Crippen molar-refractivity contribution >= 4 is 28.2 Å². The van der Waals surface area contributed by atoms with Crippen LogP contribution in [0.25, 0.3) is 10.8 Å². The number of anilines is 2. The van der Waals surface area contributed by atoms with Crippen molar-refractivity contribution in [3.63, 3.8) is 0 Å². The highest BCUT2D eigenvalue weighted by Gasteiger charge is 2.31. The van der Waals surface area contributed by atoms with Gasteiger partial charge in [-0.3, -0.25) is 4.79 Å². The predicted octanol–water partition coefficient (Wildman–Crippen LogP) is 5.88. The van der Waals surface area contributed by atoms with E-state index in [0.717, 1.165) is 29.9 Å². The second kappa shape index (κ2) is 16.1. The Morgan fingerprint density at radius 2 is 1.63 bits per heavy atom. The fourth-order valence-corrected chi connectivity index (χ4v) is 6.56. The van der Waals surface area contributed by atoms with Crippen molar-refractivity contribution in [2.45, 2.75) is 52.5 Å². The average Bonchev–Trinajstić information content (AvgIpc) is 3.57. The normalized spacial score (nSPS) is 16.0. The number of nitrogens with zero attached hydrogens (tertiary/aromatic N) is 7. The summed E-state index contributed by atoms with van der Waals surface area (Å²) >= 11 is 0. The summed E-state index contributed by atoms with van der Waals surface area (Å²) in [5.41, 5.74) is 5.14. The molecule has 6 rings (SSSR count). The zero-order chi connectivity index (χ0) is 33.2. The number of pyridine rings is 1. The molecule has 0 atom stereocenters. The summed E-state index contributed by atoms with van der Waals surface area (Å²) in [4.78, 5) is 25.7. The van der Waals surface area contributed by atoms with E-state index in [1.54, 1.807) is 13.2 Å². The molecule has 2 aromatic carbocycles. The van der Waals surface area contributed by atoms with Crippen molar-refractivity contribution in [3.05, 3.63) is 71.3 Å². The number of likely N-dealkylation sites (tertiary alicyclic amines) is 1. The van der Waals surface area contributed by atoms with Gasteiger partial charge in [0.25, 0.3) is 0 Å². The lowest BCUT2D eigenvalue weighted by molar-refractivity contribution is -0.126. The van der Waals surface area contributed by atoms with Crippen molar-refractivity contribution in [1.82, 2.24) is 14.8 Å². The van der Waals surface area contributed by atoms with E-state index in [9.17, 15) is 10.1 Å². The van der Waals surface area contributed by atoms with Gasteiger partial charge in [-0.15, -0.1) is 0 Å². The molecule has 9 nitrogen and oxygen atoms in total. The van der Waals surface area contributed by atoms with Crippen LogP contribution in [-0.2, 0) is 17.8 Å². The van der Waals surface area contributed by atoms with Gasteiger partial charge in [-0.2, -0.15) is 15.5 Å². The summed E-state index contributed by atoms with van der Waals surface area (Å²) < 4.78 is 5.62. The van der Waals surface area contributed by atoms with Crippen molar-refractivity contribution in [1.29, 1.82) is 10.5 Å². The molecule has 3 aliphatic rings. The van der Waals surface area contributed by atoms with Gasteiger partial charge in [0.2, 0.25) is 11.8 Å². The van der Waals surface area contributed by atoms with Crippen molar-refractivity contribution in [2.24, 2.45) is 0 Å². The van der Waals surface area contributed by atoms with Crippen LogP contribution in [-0.4, -0.2) is 80.7 Å². The zero-order valence-electron chi connectivity index (χ0n) is 28.1. The number of carbonyl (C=O) groups excluding carboxylic acids is 1. The summed E-state index contributed by atoms with van der Waals surface area (Å²) in [5, 5.41) is 20.0. The number of nitriles is 2. The zero-order valence-corrected chi connectivity index (χ0v) is 28.1. The van der Waals surface area contributed by atoms with Crippen molar-refractivity contribution in [2.75, 3.05) is 69.8 Å². The third-order valence-corrected chi connectivity index (χ3v) is 8.92. The summed E-state index contributed by atoms with van der Waals surface area (Å²) in [6.07, 6.45) is 4.97. The quantitative estimate of drug-likeness (QED) is 0.326. The lowest BCUT2D eigenvalue weighted by atomic mass is 9.92. The molecule has 9 heteroatoms. The molecule has 0 aliphatic carbocycles. The number of amides is 1. The molecule has 3 aromatic rings. The molecule has 1 aromatic heterocycles. The molecular formula is C37H47N7O2. The first kappa shape index (κ1) is 34.3. The molecule has 4 heterocycles. The number of carbonyl (C=O) groups is 1. The Morgan fingerprint density at radius 1 is 0.978 bits per heavy atom. The standard InChI is InChI=1S/C30H33N5O2.C5H11N.C2H3N/c1-5-27(36)33-14-16-34(17-15-33)29-23-12-13-35(19-25(23)24(18-31)30(32-29)37-4)26-11-7-9-21-8-6-10-22(20(2)3)28(21)26;1-6-4-2-3-5-6;1-2-3/h5-11,20H,1,12-17,19H2,2-4H3;2-5H2,1H3;1H3. The molecular weight excluding hydrogens is 574 g/mol.